The van der Waals surface area contributed by atoms with Crippen molar-refractivity contribution in [1.29, 1.82) is 0 Å². The van der Waals surface area contributed by atoms with Crippen LogP contribution < -0.4 is 0 Å². The molecule has 232 valence electrons. The quantitative estimate of drug-likeness (QED) is 0.130. The zero-order valence-electron chi connectivity index (χ0n) is 27.0. The van der Waals surface area contributed by atoms with Crippen molar-refractivity contribution in [3.05, 3.63) is 152 Å². The molecule has 0 aliphatic rings. The van der Waals surface area contributed by atoms with Gasteiger partial charge in [-0.3, -0.25) is 9.98 Å². The highest BCUT2D eigenvalue weighted by Gasteiger charge is 2.15. The molecule has 0 bridgehead atoms. The van der Waals surface area contributed by atoms with Crippen LogP contribution in [-0.2, 0) is 0 Å². The van der Waals surface area contributed by atoms with E-state index in [9.17, 15) is 0 Å². The van der Waals surface area contributed by atoms with Gasteiger partial charge in [0, 0.05) is 33.7 Å². The van der Waals surface area contributed by atoms with Crippen LogP contribution in [0.3, 0.4) is 0 Å². The molecule has 0 aliphatic carbocycles. The standard InChI is InChI=1S/C44H31N5/c1-3-46-41-37-23-11-10-22-36(37)39-28-34(24-25-38(39)40(41)45-2)32-19-12-18-31(26-32)33-20-13-21-35(27-33)44-48-42(29-14-6-4-7-15-29)47-43(49-44)30-16-8-5-9-17-30/h3-28H,2H2,1H3. The molecular formula is C44H31N5. The highest BCUT2D eigenvalue weighted by atomic mass is 15.0. The lowest BCUT2D eigenvalue weighted by Gasteiger charge is -2.14. The number of nitrogens with zero attached hydrogens (tertiary/aromatic N) is 5. The van der Waals surface area contributed by atoms with E-state index in [0.29, 0.717) is 17.5 Å². The molecule has 0 fully saturated rings. The van der Waals surface area contributed by atoms with Crippen molar-refractivity contribution in [3.8, 4) is 56.4 Å². The molecule has 49 heavy (non-hydrogen) atoms. The van der Waals surface area contributed by atoms with E-state index in [0.717, 1.165) is 71.9 Å². The molecule has 1 aromatic heterocycles. The molecule has 5 heteroatoms. The maximum Gasteiger partial charge on any atom is 0.164 e. The molecule has 1 heterocycles. The van der Waals surface area contributed by atoms with E-state index in [4.69, 9.17) is 15.0 Å². The van der Waals surface area contributed by atoms with Crippen LogP contribution in [0.15, 0.2) is 162 Å². The van der Waals surface area contributed by atoms with Gasteiger partial charge in [0.15, 0.2) is 17.5 Å². The molecule has 7 aromatic carbocycles. The predicted molar refractivity (Wildman–Crippen MR) is 205 cm³/mol. The highest BCUT2D eigenvalue weighted by Crippen LogP contribution is 2.44. The molecule has 8 aromatic rings. The van der Waals surface area contributed by atoms with Crippen LogP contribution in [0, 0.1) is 0 Å². The Morgan fingerprint density at radius 1 is 0.408 bits per heavy atom. The van der Waals surface area contributed by atoms with Crippen molar-refractivity contribution in [2.75, 3.05) is 0 Å². The summed E-state index contributed by atoms with van der Waals surface area (Å²) in [5, 5.41) is 4.35. The number of hydrogen-bond donors (Lipinski definition) is 0. The van der Waals surface area contributed by atoms with Crippen LogP contribution in [0.4, 0.5) is 11.4 Å². The third-order valence-corrected chi connectivity index (χ3v) is 8.74. The Morgan fingerprint density at radius 2 is 0.857 bits per heavy atom. The number of hydrogen-bond acceptors (Lipinski definition) is 5. The summed E-state index contributed by atoms with van der Waals surface area (Å²) in [5.41, 5.74) is 8.88. The summed E-state index contributed by atoms with van der Waals surface area (Å²) in [7, 11) is 0. The van der Waals surface area contributed by atoms with Crippen LogP contribution in [0.1, 0.15) is 6.92 Å². The summed E-state index contributed by atoms with van der Waals surface area (Å²) in [6, 6.07) is 52.1. The van der Waals surface area contributed by atoms with Gasteiger partial charge in [-0.2, -0.15) is 0 Å². The van der Waals surface area contributed by atoms with E-state index in [1.165, 1.54) is 0 Å². The molecule has 0 atom stereocenters. The molecule has 0 unspecified atom stereocenters. The lowest BCUT2D eigenvalue weighted by atomic mass is 9.93. The Labute approximate surface area is 285 Å². The van der Waals surface area contributed by atoms with Crippen LogP contribution in [0.2, 0.25) is 0 Å². The largest absolute Gasteiger partial charge is 0.262 e. The van der Waals surface area contributed by atoms with Gasteiger partial charge >= 0.3 is 0 Å². The fraction of sp³-hybridized carbons (Fsp3) is 0.0227. The maximum atomic E-state index is 4.94. The van der Waals surface area contributed by atoms with Crippen LogP contribution in [-0.4, -0.2) is 27.9 Å². The Balaban J connectivity index is 1.22. The van der Waals surface area contributed by atoms with Crippen molar-refractivity contribution >= 4 is 45.9 Å². The van der Waals surface area contributed by atoms with Gasteiger partial charge < -0.3 is 0 Å². The van der Waals surface area contributed by atoms with Crippen molar-refractivity contribution in [2.24, 2.45) is 9.98 Å². The van der Waals surface area contributed by atoms with E-state index in [-0.39, 0.29) is 0 Å². The molecule has 0 aliphatic heterocycles. The monoisotopic (exact) mass is 629 g/mol. The maximum absolute atomic E-state index is 4.94. The molecule has 0 amide bonds. The zero-order valence-corrected chi connectivity index (χ0v) is 27.0. The lowest BCUT2D eigenvalue weighted by Crippen LogP contribution is -2.00. The van der Waals surface area contributed by atoms with E-state index >= 15 is 0 Å². The van der Waals surface area contributed by atoms with Gasteiger partial charge in [0.25, 0.3) is 0 Å². The third kappa shape index (κ3) is 5.68. The molecule has 5 nitrogen and oxygen atoms in total. The predicted octanol–water partition coefficient (Wildman–Crippen LogP) is 11.6. The van der Waals surface area contributed by atoms with Gasteiger partial charge in [0.05, 0.1) is 11.4 Å². The average Bonchev–Trinajstić information content (AvgIpc) is 3.18. The second-order valence-electron chi connectivity index (χ2n) is 11.7. The Bertz CT molecular complexity index is 2460. The van der Waals surface area contributed by atoms with Gasteiger partial charge in [-0.05, 0) is 64.9 Å². The van der Waals surface area contributed by atoms with E-state index < -0.39 is 0 Å². The first-order valence-corrected chi connectivity index (χ1v) is 16.2. The SMILES string of the molecule is C=Nc1c(N=CC)c2ccccc2c2cc(-c3cccc(-c4cccc(-c5nc(-c6ccccc6)nc(-c6ccccc6)n5)c4)c3)ccc12. The van der Waals surface area contributed by atoms with Gasteiger partial charge in [-0.15, -0.1) is 0 Å². The molecule has 0 N–H and O–H groups in total. The number of aromatic nitrogens is 3. The minimum absolute atomic E-state index is 0.630. The van der Waals surface area contributed by atoms with Gasteiger partial charge in [-0.1, -0.05) is 133 Å². The van der Waals surface area contributed by atoms with Crippen LogP contribution in [0.25, 0.3) is 78.0 Å². The topological polar surface area (TPSA) is 63.4 Å². The first-order valence-electron chi connectivity index (χ1n) is 16.2. The van der Waals surface area contributed by atoms with Crippen LogP contribution >= 0.6 is 0 Å². The van der Waals surface area contributed by atoms with E-state index in [2.05, 4.69) is 102 Å². The molecular weight excluding hydrogens is 599 g/mol. The number of fused-ring (bicyclic) bond motifs is 3. The second kappa shape index (κ2) is 12.9. The Morgan fingerprint density at radius 3 is 1.43 bits per heavy atom. The van der Waals surface area contributed by atoms with Crippen molar-refractivity contribution in [1.82, 2.24) is 15.0 Å². The normalized spacial score (nSPS) is 11.4. The summed E-state index contributed by atoms with van der Waals surface area (Å²) in [5.74, 6) is 1.92. The first kappa shape index (κ1) is 29.8. The molecule has 0 saturated heterocycles. The number of aliphatic imine (C=N–C) groups is 2. The lowest BCUT2D eigenvalue weighted by molar-refractivity contribution is 1.07. The molecule has 0 spiro atoms. The summed E-state index contributed by atoms with van der Waals surface area (Å²) in [6.45, 7) is 5.81. The molecule has 0 radical (unpaired) electrons. The van der Waals surface area contributed by atoms with E-state index in [1.807, 2.05) is 79.9 Å². The van der Waals surface area contributed by atoms with E-state index in [1.54, 1.807) is 0 Å². The smallest absolute Gasteiger partial charge is 0.164 e. The van der Waals surface area contributed by atoms with Crippen molar-refractivity contribution in [2.45, 2.75) is 6.92 Å². The number of benzene rings is 7. The summed E-state index contributed by atoms with van der Waals surface area (Å²) in [6.07, 6.45) is 1.81. The number of rotatable bonds is 7. The van der Waals surface area contributed by atoms with Crippen molar-refractivity contribution < 1.29 is 0 Å². The fourth-order valence-corrected chi connectivity index (χ4v) is 6.41. The van der Waals surface area contributed by atoms with Gasteiger partial charge in [0.1, 0.15) is 0 Å². The summed E-state index contributed by atoms with van der Waals surface area (Å²) < 4.78 is 0. The summed E-state index contributed by atoms with van der Waals surface area (Å²) in [4.78, 5) is 23.8. The average molecular weight is 630 g/mol. The molecule has 8 rings (SSSR count). The van der Waals surface area contributed by atoms with Gasteiger partial charge in [-0.25, -0.2) is 15.0 Å². The molecule has 0 saturated carbocycles. The minimum Gasteiger partial charge on any atom is -0.262 e. The van der Waals surface area contributed by atoms with Crippen molar-refractivity contribution in [3.63, 3.8) is 0 Å². The third-order valence-electron chi connectivity index (χ3n) is 8.74. The second-order valence-corrected chi connectivity index (χ2v) is 11.7. The van der Waals surface area contributed by atoms with Crippen LogP contribution in [0.5, 0.6) is 0 Å². The van der Waals surface area contributed by atoms with Gasteiger partial charge in [0.2, 0.25) is 0 Å². The fourth-order valence-electron chi connectivity index (χ4n) is 6.41. The Kier molecular flexibility index (Phi) is 7.84. The highest BCUT2D eigenvalue weighted by molar-refractivity contribution is 6.20. The minimum atomic E-state index is 0.630. The Hall–Kier alpha value is -6.59. The first-order chi connectivity index (χ1) is 24.2. The summed E-state index contributed by atoms with van der Waals surface area (Å²) >= 11 is 0. The zero-order chi connectivity index (χ0) is 33.2.